The van der Waals surface area contributed by atoms with Gasteiger partial charge in [0.15, 0.2) is 22.5 Å². The number of nitrogens with two attached hydrogens (primary N) is 1. The lowest BCUT2D eigenvalue weighted by molar-refractivity contribution is -0.165. The molecule has 13 nitrogen and oxygen atoms in total. The molecule has 4 fully saturated rings. The first-order valence-electron chi connectivity index (χ1n) is 20.0. The summed E-state index contributed by atoms with van der Waals surface area (Å²) in [6.07, 6.45) is 8.93. The Bertz CT molecular complexity index is 2140. The maximum atomic E-state index is 12.7. The van der Waals surface area contributed by atoms with Gasteiger partial charge in [0.1, 0.15) is 5.82 Å². The van der Waals surface area contributed by atoms with Crippen LogP contribution in [0, 0.1) is 29.6 Å². The molecule has 0 aliphatic heterocycles. The van der Waals surface area contributed by atoms with Crippen molar-refractivity contribution >= 4 is 61.4 Å². The summed E-state index contributed by atoms with van der Waals surface area (Å²) in [5.74, 6) is 1.23. The van der Waals surface area contributed by atoms with Gasteiger partial charge in [0.05, 0.1) is 22.4 Å². The number of aliphatic hydroxyl groups is 1. The monoisotopic (exact) mass is 795 g/mol. The molecule has 304 valence electrons. The minimum absolute atomic E-state index is 0.114. The fourth-order valence-corrected chi connectivity index (χ4v) is 11.3. The van der Waals surface area contributed by atoms with Crippen LogP contribution in [0.1, 0.15) is 87.3 Å². The summed E-state index contributed by atoms with van der Waals surface area (Å²) in [5, 5.41) is 32.5. The zero-order chi connectivity index (χ0) is 40.5. The molecule has 1 aromatic carbocycles. The third-order valence-electron chi connectivity index (χ3n) is 12.4. The van der Waals surface area contributed by atoms with Crippen LogP contribution in [0.15, 0.2) is 53.7 Å². The molecule has 4 aliphatic carbocycles. The van der Waals surface area contributed by atoms with E-state index in [9.17, 15) is 15.0 Å². The largest absolute Gasteiger partial charge is 0.476 e. The number of benzene rings is 1. The first-order chi connectivity index (χ1) is 27.2. The number of likely N-dealkylation sites (N-methyl/N-ethyl adjacent to an activating group) is 1. The number of aliphatic hydroxyl groups excluding tert-OH is 1. The van der Waals surface area contributed by atoms with Crippen LogP contribution in [0.2, 0.25) is 0 Å². The first kappa shape index (κ1) is 40.7. The number of aryl methyl sites for hydroxylation is 1. The fourth-order valence-electron chi connectivity index (χ4n) is 10.4. The molecule has 5 N–H and O–H groups in total. The quantitative estimate of drug-likeness (QED) is 0.0826. The summed E-state index contributed by atoms with van der Waals surface area (Å²) in [4.78, 5) is 31.0. The average Bonchev–Trinajstić information content (AvgIpc) is 3.52. The zero-order valence-electron chi connectivity index (χ0n) is 34.1. The molecule has 0 saturated heterocycles. The Morgan fingerprint density at radius 3 is 2.54 bits per heavy atom. The Hall–Kier alpha value is -4.50. The summed E-state index contributed by atoms with van der Waals surface area (Å²) in [6, 6.07) is 13.3. The number of ether oxygens (including phenoxy) is 1. The molecule has 0 spiro atoms. The third kappa shape index (κ3) is 8.84. The van der Waals surface area contributed by atoms with E-state index >= 15 is 0 Å². The van der Waals surface area contributed by atoms with Gasteiger partial charge in [-0.25, -0.2) is 14.8 Å². The van der Waals surface area contributed by atoms with Gasteiger partial charge in [-0.1, -0.05) is 37.3 Å². The second kappa shape index (κ2) is 16.4. The fraction of sp³-hybridized carbons (Fsp3) is 0.535. The highest BCUT2D eigenvalue weighted by atomic mass is 32.1. The van der Waals surface area contributed by atoms with Gasteiger partial charge in [-0.2, -0.15) is 0 Å². The van der Waals surface area contributed by atoms with E-state index in [2.05, 4.69) is 51.3 Å². The number of carboxylic acids is 1. The lowest BCUT2D eigenvalue weighted by atomic mass is 9.53. The summed E-state index contributed by atoms with van der Waals surface area (Å²) >= 11 is 1.54. The number of rotatable bonds is 16. The average molecular weight is 796 g/mol. The normalized spacial score (nSPS) is 26.0. The van der Waals surface area contributed by atoms with Crippen LogP contribution in [-0.4, -0.2) is 99.5 Å². The van der Waals surface area contributed by atoms with Crippen LogP contribution in [0.4, 0.5) is 22.6 Å². The van der Waals surface area contributed by atoms with Crippen LogP contribution in [0.3, 0.4) is 0 Å². The van der Waals surface area contributed by atoms with E-state index in [0.717, 1.165) is 66.1 Å². The molecule has 3 heterocycles. The van der Waals surface area contributed by atoms with E-state index in [4.69, 9.17) is 15.5 Å². The lowest BCUT2D eigenvalue weighted by Crippen LogP contribution is -2.52. The Morgan fingerprint density at radius 2 is 1.82 bits per heavy atom. The third-order valence-corrected chi connectivity index (χ3v) is 13.4. The number of aromatic carboxylic acids is 1. The van der Waals surface area contributed by atoms with Crippen molar-refractivity contribution in [1.82, 2.24) is 25.1 Å². The molecule has 57 heavy (non-hydrogen) atoms. The Labute approximate surface area is 339 Å². The molecule has 3 aromatic heterocycles. The Kier molecular flexibility index (Phi) is 11.7. The van der Waals surface area contributed by atoms with Crippen molar-refractivity contribution in [3.8, 4) is 0 Å². The van der Waals surface area contributed by atoms with Crippen molar-refractivity contribution in [2.75, 3.05) is 57.2 Å². The summed E-state index contributed by atoms with van der Waals surface area (Å²) in [5.41, 5.74) is 9.83. The highest BCUT2D eigenvalue weighted by Crippen LogP contribution is 2.66. The summed E-state index contributed by atoms with van der Waals surface area (Å²) in [7, 11) is 3.88. The number of anilines is 4. The predicted octanol–water partition coefficient (Wildman–Crippen LogP) is 7.46. The van der Waals surface area contributed by atoms with Gasteiger partial charge in [0, 0.05) is 56.3 Å². The van der Waals surface area contributed by atoms with Crippen LogP contribution in [0.5, 0.6) is 0 Å². The van der Waals surface area contributed by atoms with Crippen LogP contribution in [0.25, 0.3) is 15.8 Å². The topological polar surface area (TPSA) is 175 Å². The molecule has 5 atom stereocenters. The van der Waals surface area contributed by atoms with Crippen LogP contribution in [-0.2, 0) is 4.74 Å². The number of aromatic nitrogens is 4. The number of allylic oxidation sites excluding steroid dienone is 1. The van der Waals surface area contributed by atoms with E-state index in [1.54, 1.807) is 35.4 Å². The molecule has 4 saturated carbocycles. The number of thiazole rings is 1. The van der Waals surface area contributed by atoms with Gasteiger partial charge >= 0.3 is 5.97 Å². The number of aliphatic imine (C=N–C) groups is 1. The molecule has 8 rings (SSSR count). The molecule has 5 unspecified atom stereocenters. The van der Waals surface area contributed by atoms with Gasteiger partial charge < -0.3 is 35.8 Å². The second-order valence-electron chi connectivity index (χ2n) is 17.5. The highest BCUT2D eigenvalue weighted by Gasteiger charge is 2.60. The number of nitrogens with zero attached hydrogens (tertiary/aromatic N) is 7. The van der Waals surface area contributed by atoms with Crippen molar-refractivity contribution in [1.29, 1.82) is 0 Å². The van der Waals surface area contributed by atoms with E-state index in [-0.39, 0.29) is 28.7 Å². The maximum absolute atomic E-state index is 12.7. The van der Waals surface area contributed by atoms with Crippen molar-refractivity contribution in [3.05, 3.63) is 65.5 Å². The molecule has 0 amide bonds. The minimum Gasteiger partial charge on any atom is -0.476 e. The number of fused-ring (bicyclic) bond motifs is 2. The van der Waals surface area contributed by atoms with Gasteiger partial charge in [-0.05, 0) is 124 Å². The van der Waals surface area contributed by atoms with Gasteiger partial charge in [-0.15, -0.1) is 10.2 Å². The van der Waals surface area contributed by atoms with E-state index in [0.29, 0.717) is 59.3 Å². The van der Waals surface area contributed by atoms with Gasteiger partial charge in [0.25, 0.3) is 0 Å². The minimum atomic E-state index is -1.16. The summed E-state index contributed by atoms with van der Waals surface area (Å²) in [6.45, 7) is 12.0. The van der Waals surface area contributed by atoms with E-state index in [1.165, 1.54) is 19.0 Å². The number of carbonyl (C=O) groups is 1. The smallest absolute Gasteiger partial charge is 0.355 e. The number of pyridine rings is 1. The van der Waals surface area contributed by atoms with Gasteiger partial charge in [0.2, 0.25) is 0 Å². The lowest BCUT2D eigenvalue weighted by Gasteiger charge is -2.56. The van der Waals surface area contributed by atoms with Crippen molar-refractivity contribution in [3.63, 3.8) is 0 Å². The van der Waals surface area contributed by atoms with Crippen molar-refractivity contribution in [2.24, 2.45) is 33.4 Å². The molecule has 4 aromatic rings. The highest BCUT2D eigenvalue weighted by molar-refractivity contribution is 7.22. The molecule has 0 radical (unpaired) electrons. The van der Waals surface area contributed by atoms with Crippen molar-refractivity contribution < 1.29 is 19.7 Å². The van der Waals surface area contributed by atoms with Crippen LogP contribution >= 0.6 is 11.3 Å². The predicted molar refractivity (Wildman–Crippen MR) is 228 cm³/mol. The number of para-hydroxylation sites is 1. The zero-order valence-corrected chi connectivity index (χ0v) is 34.9. The SMILES string of the molecule is CC(=NCC1CC2(C)CC3(C)CC1CC(OCCN(C)CCCO)(C2)C3)C(=CN)c1ccc(N(C)c2cc(C)c(Nc3nc4ccccc4s3)nn2)nc1C(=O)O. The number of hydrogen-bond acceptors (Lipinski definition) is 13. The molecule has 4 bridgehead atoms. The maximum Gasteiger partial charge on any atom is 0.355 e. The number of hydrogen-bond donors (Lipinski definition) is 4. The Balaban J connectivity index is 1.05. The molecular weight excluding hydrogens is 739 g/mol. The molecule has 14 heteroatoms. The van der Waals surface area contributed by atoms with E-state index in [1.807, 2.05) is 44.2 Å². The number of carboxylic acid groups (broad SMARTS) is 1. The standard InChI is InChI=1S/C43H57N9O4S/c1-27-18-36(49-50-38(27)48-40-46-33-10-7-8-11-34(33)57-40)52(6)35-13-12-31(37(47-35)39(54)55)32(22-44)28(2)45-23-30-20-42(4)24-41(3)19-29(30)21-43(25-41,26-42)56-17-15-51(5)14-9-16-53/h7-8,10-13,18,22,29-30,53H,9,14-17,19-21,23-26,44H2,1-6H3,(H,54,55)(H,46,48,50). The van der Waals surface area contributed by atoms with E-state index < -0.39 is 5.97 Å². The molecular formula is C43H57N9O4S. The number of nitrogens with one attached hydrogen (secondary N) is 1. The Morgan fingerprint density at radius 1 is 1.05 bits per heavy atom. The van der Waals surface area contributed by atoms with Crippen molar-refractivity contribution in [2.45, 2.75) is 78.2 Å². The van der Waals surface area contributed by atoms with Crippen LogP contribution < -0.4 is 16.0 Å². The first-order valence-corrected chi connectivity index (χ1v) is 20.9. The van der Waals surface area contributed by atoms with Gasteiger partial charge in [-0.3, -0.25) is 4.99 Å². The summed E-state index contributed by atoms with van der Waals surface area (Å²) < 4.78 is 7.96. The second-order valence-corrected chi connectivity index (χ2v) is 18.5. The molecule has 4 aliphatic rings.